The molecule has 100 valence electrons. The van der Waals surface area contributed by atoms with E-state index in [0.717, 1.165) is 0 Å². The van der Waals surface area contributed by atoms with Gasteiger partial charge in [0, 0.05) is 12.1 Å². The maximum atomic E-state index is 11.3. The molecular weight excluding hydrogens is 236 g/mol. The molecule has 0 aromatic carbocycles. The first-order valence-electron chi connectivity index (χ1n) is 5.55. The number of hydrogen-bond donors (Lipinski definition) is 1. The van der Waals surface area contributed by atoms with Crippen molar-refractivity contribution in [2.75, 3.05) is 7.11 Å². The number of rotatable bonds is 3. The number of carbonyl (C=O) groups excluding carboxylic acids is 2. The molecule has 0 atom stereocenters. The molecule has 0 saturated heterocycles. The number of carbonyl (C=O) groups is 2. The van der Waals surface area contributed by atoms with Gasteiger partial charge >= 0.3 is 12.1 Å². The normalized spacial score (nSPS) is 8.83. The van der Waals surface area contributed by atoms with E-state index in [0.29, 0.717) is 0 Å². The van der Waals surface area contributed by atoms with Gasteiger partial charge in [0.05, 0.1) is 7.11 Å². The number of primary amides is 1. The Morgan fingerprint density at radius 3 is 2.44 bits per heavy atom. The number of nitrogens with zero attached hydrogens (tertiary/aromatic N) is 1. The van der Waals surface area contributed by atoms with Crippen molar-refractivity contribution < 1.29 is 23.6 Å². The molecule has 1 rings (SSSR count). The molecule has 0 aliphatic carbocycles. The predicted octanol–water partition coefficient (Wildman–Crippen LogP) is 1.23. The molecule has 0 bridgehead atoms. The highest BCUT2D eigenvalue weighted by atomic mass is 16.6. The molecular formula is C12H19N2O4+. The van der Waals surface area contributed by atoms with Crippen LogP contribution < -0.4 is 10.3 Å². The molecule has 0 radical (unpaired) electrons. The van der Waals surface area contributed by atoms with Crippen LogP contribution >= 0.6 is 0 Å². The van der Waals surface area contributed by atoms with E-state index >= 15 is 0 Å². The number of nitrogens with two attached hydrogens (primary N) is 1. The summed E-state index contributed by atoms with van der Waals surface area (Å²) in [5.41, 5.74) is 5.09. The van der Waals surface area contributed by atoms with Crippen LogP contribution in [0.1, 0.15) is 30.8 Å². The van der Waals surface area contributed by atoms with Crippen LogP contribution in [0.15, 0.2) is 24.4 Å². The van der Waals surface area contributed by atoms with Crippen LogP contribution in [0.2, 0.25) is 0 Å². The van der Waals surface area contributed by atoms with Gasteiger partial charge in [-0.3, -0.25) is 0 Å². The summed E-state index contributed by atoms with van der Waals surface area (Å²) in [5, 5.41) is 0. The average Bonchev–Trinajstić information content (AvgIpc) is 2.36. The Hall–Kier alpha value is -2.11. The third-order valence-electron chi connectivity index (χ3n) is 1.68. The van der Waals surface area contributed by atoms with Gasteiger partial charge in [-0.1, -0.05) is 20.3 Å². The number of esters is 1. The van der Waals surface area contributed by atoms with Gasteiger partial charge in [0.1, 0.15) is 0 Å². The summed E-state index contributed by atoms with van der Waals surface area (Å²) in [7, 11) is 1.27. The Morgan fingerprint density at radius 2 is 1.94 bits per heavy atom. The number of ether oxygens (including phenoxy) is 2. The Bertz CT molecular complexity index is 393. The number of hydrogen-bond acceptors (Lipinski definition) is 4. The summed E-state index contributed by atoms with van der Waals surface area (Å²) < 4.78 is 10.5. The van der Waals surface area contributed by atoms with Crippen molar-refractivity contribution >= 4 is 12.1 Å². The van der Waals surface area contributed by atoms with E-state index in [1.165, 1.54) is 18.1 Å². The Morgan fingerprint density at radius 1 is 1.33 bits per heavy atom. The van der Waals surface area contributed by atoms with Gasteiger partial charge in [0.25, 0.3) is 12.4 Å². The Balaban J connectivity index is 0.000000873. The fourth-order valence-corrected chi connectivity index (χ4v) is 1.01. The van der Waals surface area contributed by atoms with Crippen molar-refractivity contribution in [3.63, 3.8) is 0 Å². The maximum absolute atomic E-state index is 11.3. The Labute approximate surface area is 106 Å². The highest BCUT2D eigenvalue weighted by Gasteiger charge is 2.19. The first-order valence-corrected chi connectivity index (χ1v) is 5.55. The highest BCUT2D eigenvalue weighted by Crippen LogP contribution is 1.94. The molecule has 0 unspecified atom stereocenters. The van der Waals surface area contributed by atoms with Crippen molar-refractivity contribution in [1.29, 1.82) is 0 Å². The first-order chi connectivity index (χ1) is 8.56. The van der Waals surface area contributed by atoms with Crippen LogP contribution in [0.3, 0.4) is 0 Å². The zero-order chi connectivity index (χ0) is 14.0. The lowest BCUT2D eigenvalue weighted by Gasteiger charge is -2.01. The molecule has 1 aromatic rings. The SMILES string of the molecule is CCC.COC(=O)c1cccc[n+]1COC(N)=O. The monoisotopic (exact) mass is 255 g/mol. The van der Waals surface area contributed by atoms with Gasteiger partial charge in [0.2, 0.25) is 0 Å². The Kier molecular flexibility index (Phi) is 7.92. The van der Waals surface area contributed by atoms with Crippen molar-refractivity contribution in [1.82, 2.24) is 0 Å². The van der Waals surface area contributed by atoms with Gasteiger partial charge in [-0.15, -0.1) is 0 Å². The van der Waals surface area contributed by atoms with Crippen LogP contribution in [-0.2, 0) is 16.2 Å². The minimum absolute atomic E-state index is 0.124. The second kappa shape index (κ2) is 8.98. The van der Waals surface area contributed by atoms with Crippen molar-refractivity contribution in [2.24, 2.45) is 5.73 Å². The lowest BCUT2D eigenvalue weighted by atomic mass is 10.3. The lowest BCUT2D eigenvalue weighted by Crippen LogP contribution is -2.42. The number of pyridine rings is 1. The standard InChI is InChI=1S/C9H10N2O4.C3H8/c1-14-8(12)7-4-2-3-5-11(7)6-15-9(10)13;1-3-2/h2-5H,6H2,1H3,(H-,10,13);3H2,1-2H3/p+1. The van der Waals surface area contributed by atoms with Crippen LogP contribution in [0, 0.1) is 0 Å². The molecule has 1 heterocycles. The third kappa shape index (κ3) is 5.83. The minimum atomic E-state index is -0.901. The van der Waals surface area contributed by atoms with Gasteiger partial charge in [-0.2, -0.15) is 4.57 Å². The summed E-state index contributed by atoms with van der Waals surface area (Å²) in [6, 6.07) is 4.92. The van der Waals surface area contributed by atoms with Crippen LogP contribution in [0.5, 0.6) is 0 Å². The highest BCUT2D eigenvalue weighted by molar-refractivity contribution is 5.85. The van der Waals surface area contributed by atoms with Gasteiger partial charge in [0.15, 0.2) is 6.20 Å². The number of aromatic nitrogens is 1. The number of methoxy groups -OCH3 is 1. The summed E-state index contributed by atoms with van der Waals surface area (Å²) in [6.07, 6.45) is 1.93. The topological polar surface area (TPSA) is 82.5 Å². The van der Waals surface area contributed by atoms with Gasteiger partial charge in [-0.05, 0) is 6.07 Å². The maximum Gasteiger partial charge on any atom is 0.409 e. The van der Waals surface area contributed by atoms with E-state index in [2.05, 4.69) is 23.3 Å². The summed E-state index contributed by atoms with van der Waals surface area (Å²) in [6.45, 7) is 4.13. The molecule has 1 amide bonds. The fourth-order valence-electron chi connectivity index (χ4n) is 1.01. The molecule has 0 saturated carbocycles. The number of amides is 1. The third-order valence-corrected chi connectivity index (χ3v) is 1.68. The second-order valence-electron chi connectivity index (χ2n) is 3.35. The predicted molar refractivity (Wildman–Crippen MR) is 64.6 cm³/mol. The molecule has 6 nitrogen and oxygen atoms in total. The molecule has 0 fully saturated rings. The molecule has 6 heteroatoms. The van der Waals surface area contributed by atoms with E-state index in [1.807, 2.05) is 0 Å². The molecule has 0 aliphatic rings. The smallest absolute Gasteiger partial charge is 0.409 e. The summed E-state index contributed by atoms with van der Waals surface area (Å²) in [5.74, 6) is -0.510. The van der Waals surface area contributed by atoms with Crippen LogP contribution in [0.25, 0.3) is 0 Å². The summed E-state index contributed by atoms with van der Waals surface area (Å²) in [4.78, 5) is 21.7. The molecule has 0 aliphatic heterocycles. The first kappa shape index (κ1) is 15.9. The quantitative estimate of drug-likeness (QED) is 0.650. The van der Waals surface area contributed by atoms with E-state index in [4.69, 9.17) is 5.73 Å². The van der Waals surface area contributed by atoms with E-state index in [-0.39, 0.29) is 12.4 Å². The van der Waals surface area contributed by atoms with Crippen molar-refractivity contribution in [3.8, 4) is 0 Å². The zero-order valence-corrected chi connectivity index (χ0v) is 10.9. The fraction of sp³-hybridized carbons (Fsp3) is 0.417. The minimum Gasteiger partial charge on any atom is -0.461 e. The van der Waals surface area contributed by atoms with E-state index < -0.39 is 12.1 Å². The van der Waals surface area contributed by atoms with Gasteiger partial charge < -0.3 is 15.2 Å². The van der Waals surface area contributed by atoms with Crippen LogP contribution in [0.4, 0.5) is 4.79 Å². The largest absolute Gasteiger partial charge is 0.461 e. The lowest BCUT2D eigenvalue weighted by molar-refractivity contribution is -0.729. The van der Waals surface area contributed by atoms with Crippen LogP contribution in [-0.4, -0.2) is 19.2 Å². The molecule has 2 N–H and O–H groups in total. The van der Waals surface area contributed by atoms with Gasteiger partial charge in [-0.25, -0.2) is 9.59 Å². The zero-order valence-electron chi connectivity index (χ0n) is 10.9. The molecule has 1 aromatic heterocycles. The molecule has 18 heavy (non-hydrogen) atoms. The van der Waals surface area contributed by atoms with E-state index in [1.54, 1.807) is 24.4 Å². The summed E-state index contributed by atoms with van der Waals surface area (Å²) >= 11 is 0. The second-order valence-corrected chi connectivity index (χ2v) is 3.35. The van der Waals surface area contributed by atoms with E-state index in [9.17, 15) is 9.59 Å². The average molecular weight is 255 g/mol. The van der Waals surface area contributed by atoms with Crippen molar-refractivity contribution in [2.45, 2.75) is 27.0 Å². The van der Waals surface area contributed by atoms with Crippen molar-refractivity contribution in [3.05, 3.63) is 30.1 Å². The molecule has 0 spiro atoms.